The molecule has 0 N–H and O–H groups in total. The summed E-state index contributed by atoms with van der Waals surface area (Å²) < 4.78 is 5.85. The molecule has 0 heterocycles. The number of halogens is 1. The predicted octanol–water partition coefficient (Wildman–Crippen LogP) is 1.30. The molecule has 4 aromatic rings. The Hall–Kier alpha value is -2.27. The van der Waals surface area contributed by atoms with Crippen LogP contribution in [0.5, 0.6) is 0 Å². The molecule has 30 heavy (non-hydrogen) atoms. The molecule has 0 bridgehead atoms. The van der Waals surface area contributed by atoms with Crippen LogP contribution in [0.25, 0.3) is 0 Å². The SMILES string of the molecule is Cc1ccc([As+](c2ccc(C)cc2)(c2ccc(C)cc2)c2ccc(C)cc2)cc1.[Cl-]. The van der Waals surface area contributed by atoms with Crippen LogP contribution in [0, 0.1) is 27.7 Å². The first-order valence-corrected chi connectivity index (χ1v) is 13.9. The van der Waals surface area contributed by atoms with E-state index in [2.05, 4.69) is 125 Å². The molecule has 0 saturated carbocycles. The summed E-state index contributed by atoms with van der Waals surface area (Å²) in [6, 6.07) is 37.0. The molecule has 2 heteroatoms. The molecule has 0 aliphatic heterocycles. The van der Waals surface area contributed by atoms with E-state index >= 15 is 0 Å². The fourth-order valence-corrected chi connectivity index (χ4v) is 12.7. The van der Waals surface area contributed by atoms with Gasteiger partial charge in [-0.05, 0) is 0 Å². The topological polar surface area (TPSA) is 0 Å². The van der Waals surface area contributed by atoms with Gasteiger partial charge in [0.05, 0.1) is 0 Å². The van der Waals surface area contributed by atoms with Gasteiger partial charge in [0.2, 0.25) is 0 Å². The second-order valence-corrected chi connectivity index (χ2v) is 15.2. The van der Waals surface area contributed by atoms with Crippen LogP contribution in [-0.4, -0.2) is 13.6 Å². The molecule has 0 unspecified atom stereocenters. The number of aryl methyl sites for hydroxylation is 4. The molecule has 0 saturated heterocycles. The number of rotatable bonds is 4. The van der Waals surface area contributed by atoms with Crippen molar-refractivity contribution in [3.63, 3.8) is 0 Å². The first-order chi connectivity index (χ1) is 14.0. The molecule has 0 radical (unpaired) electrons. The van der Waals surface area contributed by atoms with Gasteiger partial charge in [0.25, 0.3) is 0 Å². The van der Waals surface area contributed by atoms with Gasteiger partial charge in [0.15, 0.2) is 0 Å². The van der Waals surface area contributed by atoms with Crippen molar-refractivity contribution in [3.8, 4) is 0 Å². The summed E-state index contributed by atoms with van der Waals surface area (Å²) in [6.07, 6.45) is 0. The molecule has 0 aliphatic carbocycles. The Bertz CT molecular complexity index is 906. The van der Waals surface area contributed by atoms with Gasteiger partial charge in [-0.2, -0.15) is 0 Å². The zero-order valence-corrected chi connectivity index (χ0v) is 20.7. The minimum absolute atomic E-state index is 0. The van der Waals surface area contributed by atoms with Crippen molar-refractivity contribution < 1.29 is 12.4 Å². The fourth-order valence-electron chi connectivity index (χ4n) is 3.97. The van der Waals surface area contributed by atoms with Crippen LogP contribution in [0.4, 0.5) is 0 Å². The molecular formula is C28H28AsCl. The molecular weight excluding hydrogens is 447 g/mol. The zero-order chi connectivity index (χ0) is 20.4. The third-order valence-electron chi connectivity index (χ3n) is 5.69. The average Bonchev–Trinajstić information content (AvgIpc) is 2.73. The summed E-state index contributed by atoms with van der Waals surface area (Å²) in [6.45, 7) is 8.67. The van der Waals surface area contributed by atoms with Crippen LogP contribution < -0.4 is 29.8 Å². The van der Waals surface area contributed by atoms with Crippen molar-refractivity contribution in [1.82, 2.24) is 0 Å². The molecule has 0 fully saturated rings. The standard InChI is InChI=1S/C28H28As.ClH/c1-21-5-13-25(14-6-21)29(26-15-7-22(2)8-16-26,27-17-9-23(3)10-18-27)28-19-11-24(4)12-20-28;/h5-20H,1-4H3;1H/q+1;/p-1. The maximum Gasteiger partial charge on any atom is -1.00 e. The summed E-state index contributed by atoms with van der Waals surface area (Å²) in [5.41, 5.74) is 5.22. The van der Waals surface area contributed by atoms with Crippen LogP contribution in [0.1, 0.15) is 22.3 Å². The van der Waals surface area contributed by atoms with Gasteiger partial charge in [-0.3, -0.25) is 0 Å². The molecule has 0 amide bonds. The summed E-state index contributed by atoms with van der Waals surface area (Å²) >= 11 is -2.87. The molecule has 0 nitrogen and oxygen atoms in total. The van der Waals surface area contributed by atoms with E-state index < -0.39 is 13.6 Å². The Kier molecular flexibility index (Phi) is 6.91. The van der Waals surface area contributed by atoms with Crippen molar-refractivity contribution >= 4 is 31.0 Å². The van der Waals surface area contributed by atoms with E-state index in [1.165, 1.54) is 39.7 Å². The Morgan fingerprint density at radius 3 is 0.667 bits per heavy atom. The van der Waals surface area contributed by atoms with Crippen LogP contribution in [0.2, 0.25) is 0 Å². The Morgan fingerprint density at radius 2 is 0.500 bits per heavy atom. The maximum absolute atomic E-state index is 2.87. The summed E-state index contributed by atoms with van der Waals surface area (Å²) in [4.78, 5) is 0. The Balaban J connectivity index is 0.00000256. The molecule has 0 aromatic heterocycles. The summed E-state index contributed by atoms with van der Waals surface area (Å²) in [5, 5.41) is 0. The monoisotopic (exact) mass is 474 g/mol. The number of hydrogen-bond acceptors (Lipinski definition) is 0. The van der Waals surface area contributed by atoms with E-state index in [1.54, 1.807) is 0 Å². The van der Waals surface area contributed by atoms with Crippen molar-refractivity contribution in [3.05, 3.63) is 119 Å². The van der Waals surface area contributed by atoms with E-state index in [0.717, 1.165) is 0 Å². The van der Waals surface area contributed by atoms with Gasteiger partial charge >= 0.3 is 178 Å². The smallest absolute Gasteiger partial charge is 1.00 e. The van der Waals surface area contributed by atoms with Crippen molar-refractivity contribution in [2.24, 2.45) is 0 Å². The van der Waals surface area contributed by atoms with E-state index in [0.29, 0.717) is 0 Å². The van der Waals surface area contributed by atoms with E-state index in [4.69, 9.17) is 0 Å². The van der Waals surface area contributed by atoms with Crippen LogP contribution in [0.15, 0.2) is 97.1 Å². The van der Waals surface area contributed by atoms with Gasteiger partial charge in [-0.1, -0.05) is 0 Å². The second-order valence-electron chi connectivity index (χ2n) is 8.01. The quantitative estimate of drug-likeness (QED) is 0.391. The largest absolute Gasteiger partial charge is 1.00 e. The third-order valence-corrected chi connectivity index (χ3v) is 14.7. The molecule has 0 spiro atoms. The van der Waals surface area contributed by atoms with Crippen molar-refractivity contribution in [2.45, 2.75) is 27.7 Å². The Labute approximate surface area is 189 Å². The predicted molar refractivity (Wildman–Crippen MR) is 129 cm³/mol. The fraction of sp³-hybridized carbons (Fsp3) is 0.143. The first kappa shape index (κ1) is 22.4. The normalized spacial score (nSPS) is 11.1. The van der Waals surface area contributed by atoms with Crippen molar-refractivity contribution in [2.75, 3.05) is 0 Å². The molecule has 0 atom stereocenters. The molecule has 4 aromatic carbocycles. The molecule has 0 aliphatic rings. The third kappa shape index (κ3) is 4.13. The van der Waals surface area contributed by atoms with Crippen LogP contribution >= 0.6 is 0 Å². The minimum atomic E-state index is -2.87. The number of hydrogen-bond donors (Lipinski definition) is 0. The molecule has 4 rings (SSSR count). The number of benzene rings is 4. The van der Waals surface area contributed by atoms with Gasteiger partial charge in [-0.15, -0.1) is 0 Å². The van der Waals surface area contributed by atoms with Crippen LogP contribution in [0.3, 0.4) is 0 Å². The average molecular weight is 475 g/mol. The van der Waals surface area contributed by atoms with Crippen molar-refractivity contribution in [1.29, 1.82) is 0 Å². The second kappa shape index (κ2) is 9.25. The molecule has 152 valence electrons. The minimum Gasteiger partial charge on any atom is -1.00 e. The van der Waals surface area contributed by atoms with Gasteiger partial charge < -0.3 is 12.4 Å². The van der Waals surface area contributed by atoms with Crippen LogP contribution in [-0.2, 0) is 0 Å². The zero-order valence-electron chi connectivity index (χ0n) is 18.1. The Morgan fingerprint density at radius 1 is 0.333 bits per heavy atom. The van der Waals surface area contributed by atoms with E-state index in [1.807, 2.05) is 0 Å². The van der Waals surface area contributed by atoms with Gasteiger partial charge in [0, 0.05) is 0 Å². The summed E-state index contributed by atoms with van der Waals surface area (Å²) in [7, 11) is 0. The summed E-state index contributed by atoms with van der Waals surface area (Å²) in [5.74, 6) is 0. The van der Waals surface area contributed by atoms with E-state index in [9.17, 15) is 0 Å². The maximum atomic E-state index is 2.36. The van der Waals surface area contributed by atoms with E-state index in [-0.39, 0.29) is 12.4 Å². The first-order valence-electron chi connectivity index (χ1n) is 10.2. The van der Waals surface area contributed by atoms with Gasteiger partial charge in [0.1, 0.15) is 0 Å². The van der Waals surface area contributed by atoms with Gasteiger partial charge in [-0.25, -0.2) is 0 Å².